The number of unbranched alkanes of at least 4 members (excludes halogenated alkanes) is 11. The van der Waals surface area contributed by atoms with Gasteiger partial charge in [-0.2, -0.15) is 0 Å². The Morgan fingerprint density at radius 1 is 0.880 bits per heavy atom. The van der Waals surface area contributed by atoms with Crippen molar-refractivity contribution in [1.82, 2.24) is 4.98 Å². The molecule has 0 bridgehead atoms. The van der Waals surface area contributed by atoms with Crippen molar-refractivity contribution in [2.75, 3.05) is 11.5 Å². The molecule has 25 heavy (non-hydrogen) atoms. The van der Waals surface area contributed by atoms with Crippen molar-refractivity contribution in [2.24, 2.45) is 0 Å². The molecule has 2 aromatic rings. The fourth-order valence-electron chi connectivity index (χ4n) is 3.08. The number of thiazole rings is 1. The maximum Gasteiger partial charge on any atom is 0.151 e. The number of nitrogens with two attached hydrogens (primary N) is 1. The predicted molar refractivity (Wildman–Crippen MR) is 116 cm³/mol. The molecule has 0 radical (unpaired) electrons. The van der Waals surface area contributed by atoms with Gasteiger partial charge < -0.3 is 5.73 Å². The Bertz CT molecular complexity index is 595. The minimum absolute atomic E-state index is 0.827. The minimum Gasteiger partial charge on any atom is -0.399 e. The summed E-state index contributed by atoms with van der Waals surface area (Å²) in [6, 6.07) is 5.98. The van der Waals surface area contributed by atoms with Crippen LogP contribution in [0.3, 0.4) is 0 Å². The van der Waals surface area contributed by atoms with Gasteiger partial charge in [0.05, 0.1) is 10.2 Å². The quantitative estimate of drug-likeness (QED) is 0.208. The number of hydrogen-bond acceptors (Lipinski definition) is 4. The number of thioether (sulfide) groups is 1. The van der Waals surface area contributed by atoms with Gasteiger partial charge in [0.25, 0.3) is 0 Å². The summed E-state index contributed by atoms with van der Waals surface area (Å²) in [7, 11) is 0. The SMILES string of the molecule is CCCCCCCCCCCCCCSc1nc2ccc(N)cc2s1. The number of benzene rings is 1. The Labute approximate surface area is 162 Å². The summed E-state index contributed by atoms with van der Waals surface area (Å²) < 4.78 is 2.39. The van der Waals surface area contributed by atoms with E-state index in [-0.39, 0.29) is 0 Å². The van der Waals surface area contributed by atoms with Gasteiger partial charge in [-0.15, -0.1) is 11.3 Å². The van der Waals surface area contributed by atoms with Crippen molar-refractivity contribution in [3.8, 4) is 0 Å². The van der Waals surface area contributed by atoms with Gasteiger partial charge in [-0.05, 0) is 24.6 Å². The lowest BCUT2D eigenvalue weighted by atomic mass is 10.1. The van der Waals surface area contributed by atoms with E-state index >= 15 is 0 Å². The largest absolute Gasteiger partial charge is 0.399 e. The molecule has 0 aliphatic heterocycles. The first kappa shape index (κ1) is 20.6. The third-order valence-corrected chi connectivity index (χ3v) is 6.86. The molecule has 0 amide bonds. The number of rotatable bonds is 14. The number of aromatic nitrogens is 1. The van der Waals surface area contributed by atoms with Gasteiger partial charge in [0.15, 0.2) is 4.34 Å². The lowest BCUT2D eigenvalue weighted by molar-refractivity contribution is 0.548. The fraction of sp³-hybridized carbons (Fsp3) is 0.667. The minimum atomic E-state index is 0.827. The molecule has 0 atom stereocenters. The van der Waals surface area contributed by atoms with Crippen LogP contribution in [0.2, 0.25) is 0 Å². The molecule has 0 aliphatic carbocycles. The molecule has 0 fully saturated rings. The maximum absolute atomic E-state index is 5.83. The van der Waals surface area contributed by atoms with E-state index in [0.29, 0.717) is 0 Å². The van der Waals surface area contributed by atoms with E-state index < -0.39 is 0 Å². The molecule has 1 heterocycles. The van der Waals surface area contributed by atoms with E-state index in [1.165, 1.54) is 91.8 Å². The molecule has 1 aromatic heterocycles. The number of fused-ring (bicyclic) bond motifs is 1. The van der Waals surface area contributed by atoms with Crippen molar-refractivity contribution in [2.45, 2.75) is 88.3 Å². The standard InChI is InChI=1S/C21H34N2S2/c1-2-3-4-5-6-7-8-9-10-11-12-13-16-24-21-23-19-15-14-18(22)17-20(19)25-21/h14-15,17H,2-13,16,22H2,1H3. The van der Waals surface area contributed by atoms with E-state index in [1.807, 2.05) is 30.0 Å². The van der Waals surface area contributed by atoms with E-state index in [4.69, 9.17) is 5.73 Å². The van der Waals surface area contributed by atoms with E-state index in [2.05, 4.69) is 11.9 Å². The van der Waals surface area contributed by atoms with E-state index in [9.17, 15) is 0 Å². The molecular formula is C21H34N2S2. The third-order valence-electron chi connectivity index (χ3n) is 4.62. The first-order valence-electron chi connectivity index (χ1n) is 10.1. The van der Waals surface area contributed by atoms with Crippen molar-refractivity contribution in [3.63, 3.8) is 0 Å². The molecule has 0 aliphatic rings. The van der Waals surface area contributed by atoms with Gasteiger partial charge in [0, 0.05) is 11.4 Å². The Hall–Kier alpha value is -0.740. The second kappa shape index (κ2) is 12.6. The van der Waals surface area contributed by atoms with Gasteiger partial charge in [-0.3, -0.25) is 0 Å². The summed E-state index contributed by atoms with van der Waals surface area (Å²) in [4.78, 5) is 4.67. The van der Waals surface area contributed by atoms with Gasteiger partial charge in [-0.1, -0.05) is 89.3 Å². The Balaban J connectivity index is 1.43. The zero-order valence-corrected chi connectivity index (χ0v) is 17.4. The number of nitrogen functional groups attached to an aromatic ring is 1. The molecule has 2 N–H and O–H groups in total. The molecule has 0 saturated heterocycles. The average molecular weight is 379 g/mol. The van der Waals surface area contributed by atoms with Gasteiger partial charge in [-0.25, -0.2) is 4.98 Å². The molecule has 140 valence electrons. The van der Waals surface area contributed by atoms with Crippen molar-refractivity contribution < 1.29 is 0 Å². The summed E-state index contributed by atoms with van der Waals surface area (Å²) in [5.41, 5.74) is 7.74. The molecule has 0 saturated carbocycles. The average Bonchev–Trinajstić information content (AvgIpc) is 3.01. The highest BCUT2D eigenvalue weighted by molar-refractivity contribution is 8.01. The van der Waals surface area contributed by atoms with E-state index in [0.717, 1.165) is 11.2 Å². The van der Waals surface area contributed by atoms with Crippen LogP contribution < -0.4 is 5.73 Å². The number of hydrogen-bond donors (Lipinski definition) is 1. The van der Waals surface area contributed by atoms with Crippen LogP contribution in [0.1, 0.15) is 84.0 Å². The smallest absolute Gasteiger partial charge is 0.151 e. The predicted octanol–water partition coefficient (Wildman–Crippen LogP) is 7.67. The van der Waals surface area contributed by atoms with Crippen LogP contribution in [0.5, 0.6) is 0 Å². The zero-order valence-electron chi connectivity index (χ0n) is 15.8. The van der Waals surface area contributed by atoms with Gasteiger partial charge in [0.2, 0.25) is 0 Å². The van der Waals surface area contributed by atoms with Crippen molar-refractivity contribution in [3.05, 3.63) is 18.2 Å². The van der Waals surface area contributed by atoms with Crippen LogP contribution in [0.15, 0.2) is 22.5 Å². The normalized spacial score (nSPS) is 11.4. The Kier molecular flexibility index (Phi) is 10.4. The fourth-order valence-corrected chi connectivity index (χ4v) is 5.27. The first-order valence-corrected chi connectivity index (χ1v) is 11.9. The van der Waals surface area contributed by atoms with Crippen LogP contribution in [0, 0.1) is 0 Å². The Morgan fingerprint density at radius 2 is 1.48 bits per heavy atom. The highest BCUT2D eigenvalue weighted by Gasteiger charge is 2.04. The van der Waals surface area contributed by atoms with Crippen molar-refractivity contribution >= 4 is 39.0 Å². The summed E-state index contributed by atoms with van der Waals surface area (Å²) in [5.74, 6) is 1.19. The highest BCUT2D eigenvalue weighted by atomic mass is 32.2. The second-order valence-electron chi connectivity index (χ2n) is 6.94. The molecule has 0 unspecified atom stereocenters. The van der Waals surface area contributed by atoms with Crippen LogP contribution in [-0.4, -0.2) is 10.7 Å². The molecule has 4 heteroatoms. The maximum atomic E-state index is 5.83. The monoisotopic (exact) mass is 378 g/mol. The zero-order chi connectivity index (χ0) is 17.7. The second-order valence-corrected chi connectivity index (χ2v) is 9.32. The first-order chi connectivity index (χ1) is 12.3. The number of anilines is 1. The number of nitrogens with zero attached hydrogens (tertiary/aromatic N) is 1. The van der Waals surface area contributed by atoms with Gasteiger partial charge in [0.1, 0.15) is 0 Å². The third kappa shape index (κ3) is 8.46. The molecular weight excluding hydrogens is 344 g/mol. The molecule has 1 aromatic carbocycles. The lowest BCUT2D eigenvalue weighted by Gasteiger charge is -2.02. The van der Waals surface area contributed by atoms with Crippen molar-refractivity contribution in [1.29, 1.82) is 0 Å². The van der Waals surface area contributed by atoms with Crippen LogP contribution in [0.4, 0.5) is 5.69 Å². The summed E-state index contributed by atoms with van der Waals surface area (Å²) in [6.07, 6.45) is 16.9. The molecule has 0 spiro atoms. The summed E-state index contributed by atoms with van der Waals surface area (Å²) >= 11 is 3.67. The van der Waals surface area contributed by atoms with E-state index in [1.54, 1.807) is 11.3 Å². The molecule has 2 rings (SSSR count). The topological polar surface area (TPSA) is 38.9 Å². The Morgan fingerprint density at radius 3 is 2.12 bits per heavy atom. The highest BCUT2D eigenvalue weighted by Crippen LogP contribution is 2.31. The van der Waals surface area contributed by atoms with Crippen LogP contribution >= 0.6 is 23.1 Å². The van der Waals surface area contributed by atoms with Gasteiger partial charge >= 0.3 is 0 Å². The molecule has 2 nitrogen and oxygen atoms in total. The summed E-state index contributed by atoms with van der Waals surface area (Å²) in [6.45, 7) is 2.29. The lowest BCUT2D eigenvalue weighted by Crippen LogP contribution is -1.84. The van der Waals surface area contributed by atoms with Crippen LogP contribution in [0.25, 0.3) is 10.2 Å². The van der Waals surface area contributed by atoms with Crippen LogP contribution in [-0.2, 0) is 0 Å². The summed E-state index contributed by atoms with van der Waals surface area (Å²) in [5, 5.41) is 0.